The van der Waals surface area contributed by atoms with Crippen molar-refractivity contribution in [2.75, 3.05) is 37.0 Å². The molecular formula is C22H28N3O3+. The Balaban J connectivity index is 1.62. The quantitative estimate of drug-likeness (QED) is 0.763. The van der Waals surface area contributed by atoms with E-state index in [2.05, 4.69) is 18.3 Å². The van der Waals surface area contributed by atoms with Crippen LogP contribution in [0.4, 0.5) is 11.4 Å². The molecule has 1 aliphatic rings. The number of carbonyl (C=O) groups excluding carboxylic acids is 2. The van der Waals surface area contributed by atoms with Gasteiger partial charge in [0.05, 0.1) is 19.3 Å². The standard InChI is InChI=1S/C22H27N3O3/c1-4-24(14-21(26)23-18-10-6-8-12-20(18)28-3)15-22(27)25-16(2)13-17-9-5-7-11-19(17)25/h5-12,16H,4,13-15H2,1-3H3,(H,23,26)/p+1/t16-/m1/s1. The Labute approximate surface area is 166 Å². The second-order valence-corrected chi connectivity index (χ2v) is 7.15. The highest BCUT2D eigenvalue weighted by molar-refractivity contribution is 5.97. The van der Waals surface area contributed by atoms with E-state index in [1.807, 2.05) is 42.2 Å². The first-order valence-corrected chi connectivity index (χ1v) is 9.69. The van der Waals surface area contributed by atoms with Crippen molar-refractivity contribution in [3.63, 3.8) is 0 Å². The summed E-state index contributed by atoms with van der Waals surface area (Å²) in [7, 11) is 1.57. The van der Waals surface area contributed by atoms with Gasteiger partial charge < -0.3 is 19.9 Å². The van der Waals surface area contributed by atoms with Crippen LogP contribution in [0.5, 0.6) is 5.75 Å². The third-order valence-corrected chi connectivity index (χ3v) is 5.17. The maximum absolute atomic E-state index is 13.0. The largest absolute Gasteiger partial charge is 0.495 e. The SMILES string of the molecule is CC[NH+](CC(=O)Nc1ccccc1OC)CC(=O)N1c2ccccc2C[C@H]1C. The number of rotatable bonds is 7. The lowest BCUT2D eigenvalue weighted by Gasteiger charge is -2.25. The van der Waals surface area contributed by atoms with Gasteiger partial charge in [0.25, 0.3) is 11.8 Å². The van der Waals surface area contributed by atoms with E-state index < -0.39 is 0 Å². The molecule has 0 aliphatic carbocycles. The molecule has 3 rings (SSSR count). The molecule has 2 aromatic rings. The number of ether oxygens (including phenoxy) is 1. The normalized spacial score (nSPS) is 16.4. The number of quaternary nitrogens is 1. The summed E-state index contributed by atoms with van der Waals surface area (Å²) in [5.41, 5.74) is 2.84. The molecule has 2 aromatic carbocycles. The highest BCUT2D eigenvalue weighted by Crippen LogP contribution is 2.31. The van der Waals surface area contributed by atoms with Crippen LogP contribution in [0.25, 0.3) is 0 Å². The highest BCUT2D eigenvalue weighted by atomic mass is 16.5. The van der Waals surface area contributed by atoms with Gasteiger partial charge in [-0.3, -0.25) is 9.59 Å². The van der Waals surface area contributed by atoms with Gasteiger partial charge in [-0.05, 0) is 44.0 Å². The van der Waals surface area contributed by atoms with Crippen molar-refractivity contribution in [2.45, 2.75) is 26.3 Å². The fourth-order valence-corrected chi connectivity index (χ4v) is 3.73. The molecule has 0 aromatic heterocycles. The average molecular weight is 382 g/mol. The number of anilines is 2. The number of nitrogens with one attached hydrogen (secondary N) is 2. The van der Waals surface area contributed by atoms with E-state index >= 15 is 0 Å². The maximum Gasteiger partial charge on any atom is 0.282 e. The lowest BCUT2D eigenvalue weighted by atomic mass is 10.1. The second kappa shape index (κ2) is 8.89. The van der Waals surface area contributed by atoms with E-state index in [9.17, 15) is 9.59 Å². The van der Waals surface area contributed by atoms with Crippen LogP contribution >= 0.6 is 0 Å². The van der Waals surface area contributed by atoms with Crippen LogP contribution in [0, 0.1) is 0 Å². The number of likely N-dealkylation sites (N-methyl/N-ethyl adjacent to an activating group) is 1. The van der Waals surface area contributed by atoms with Gasteiger partial charge in [0.15, 0.2) is 13.1 Å². The number of hydrogen-bond acceptors (Lipinski definition) is 3. The Hall–Kier alpha value is -2.86. The van der Waals surface area contributed by atoms with E-state index in [4.69, 9.17) is 4.74 Å². The van der Waals surface area contributed by atoms with Crippen LogP contribution in [-0.2, 0) is 16.0 Å². The highest BCUT2D eigenvalue weighted by Gasteiger charge is 2.32. The van der Waals surface area contributed by atoms with Crippen LogP contribution in [0.1, 0.15) is 19.4 Å². The fourth-order valence-electron chi connectivity index (χ4n) is 3.73. The molecule has 2 atom stereocenters. The van der Waals surface area contributed by atoms with Gasteiger partial charge in [-0.1, -0.05) is 30.3 Å². The molecule has 1 heterocycles. The Morgan fingerprint density at radius 3 is 2.61 bits per heavy atom. The summed E-state index contributed by atoms with van der Waals surface area (Å²) in [6, 6.07) is 15.5. The zero-order valence-corrected chi connectivity index (χ0v) is 16.7. The number of fused-ring (bicyclic) bond motifs is 1. The summed E-state index contributed by atoms with van der Waals surface area (Å²) in [6.45, 7) is 5.26. The molecule has 0 radical (unpaired) electrons. The summed E-state index contributed by atoms with van der Waals surface area (Å²) < 4.78 is 5.27. The molecule has 1 unspecified atom stereocenters. The van der Waals surface area contributed by atoms with Gasteiger partial charge in [-0.15, -0.1) is 0 Å². The second-order valence-electron chi connectivity index (χ2n) is 7.15. The first-order chi connectivity index (χ1) is 13.5. The van der Waals surface area contributed by atoms with Gasteiger partial charge in [-0.25, -0.2) is 0 Å². The maximum atomic E-state index is 13.0. The zero-order chi connectivity index (χ0) is 20.1. The van der Waals surface area contributed by atoms with Crippen molar-refractivity contribution in [1.82, 2.24) is 0 Å². The summed E-state index contributed by atoms with van der Waals surface area (Å²) in [6.07, 6.45) is 0.873. The van der Waals surface area contributed by atoms with Crippen molar-refractivity contribution in [2.24, 2.45) is 0 Å². The Morgan fingerprint density at radius 2 is 1.86 bits per heavy atom. The summed E-state index contributed by atoms with van der Waals surface area (Å²) in [5, 5.41) is 2.88. The molecule has 0 saturated heterocycles. The van der Waals surface area contributed by atoms with Gasteiger partial charge in [0.2, 0.25) is 0 Å². The third-order valence-electron chi connectivity index (χ3n) is 5.17. The van der Waals surface area contributed by atoms with Crippen LogP contribution in [0.3, 0.4) is 0 Å². The minimum Gasteiger partial charge on any atom is -0.495 e. The van der Waals surface area contributed by atoms with Crippen molar-refractivity contribution >= 4 is 23.2 Å². The molecule has 0 saturated carbocycles. The molecule has 1 aliphatic heterocycles. The number of amides is 2. The van der Waals surface area contributed by atoms with Crippen molar-refractivity contribution in [3.8, 4) is 5.75 Å². The van der Waals surface area contributed by atoms with E-state index in [1.54, 1.807) is 19.2 Å². The molecule has 2 N–H and O–H groups in total. The van der Waals surface area contributed by atoms with Gasteiger partial charge >= 0.3 is 0 Å². The number of methoxy groups -OCH3 is 1. The fraction of sp³-hybridized carbons (Fsp3) is 0.364. The monoisotopic (exact) mass is 382 g/mol. The van der Waals surface area contributed by atoms with E-state index in [1.165, 1.54) is 5.56 Å². The predicted molar refractivity (Wildman–Crippen MR) is 110 cm³/mol. The smallest absolute Gasteiger partial charge is 0.282 e. The van der Waals surface area contributed by atoms with E-state index in [-0.39, 0.29) is 30.9 Å². The van der Waals surface area contributed by atoms with Crippen LogP contribution in [0.2, 0.25) is 0 Å². The minimum absolute atomic E-state index is 0.0550. The molecule has 6 heteroatoms. The first kappa shape index (κ1) is 19.9. The van der Waals surface area contributed by atoms with Crippen molar-refractivity contribution in [3.05, 3.63) is 54.1 Å². The number of para-hydroxylation sites is 3. The zero-order valence-electron chi connectivity index (χ0n) is 16.7. The van der Waals surface area contributed by atoms with E-state index in [0.29, 0.717) is 18.0 Å². The molecule has 0 spiro atoms. The predicted octanol–water partition coefficient (Wildman–Crippen LogP) is 1.52. The Morgan fingerprint density at radius 1 is 1.14 bits per heavy atom. The number of nitrogens with zero attached hydrogens (tertiary/aromatic N) is 1. The molecule has 148 valence electrons. The lowest BCUT2D eigenvalue weighted by Crippen LogP contribution is -3.14. The molecule has 28 heavy (non-hydrogen) atoms. The minimum atomic E-state index is -0.135. The summed E-state index contributed by atoms with van der Waals surface area (Å²) in [4.78, 5) is 28.3. The van der Waals surface area contributed by atoms with E-state index in [0.717, 1.165) is 17.0 Å². The topological polar surface area (TPSA) is 63.1 Å². The molecule has 2 amide bonds. The molecule has 0 bridgehead atoms. The van der Waals surface area contributed by atoms with Crippen molar-refractivity contribution in [1.29, 1.82) is 0 Å². The lowest BCUT2D eigenvalue weighted by molar-refractivity contribution is -0.881. The third kappa shape index (κ3) is 4.34. The first-order valence-electron chi connectivity index (χ1n) is 9.69. The number of benzene rings is 2. The average Bonchev–Trinajstić information content (AvgIpc) is 3.03. The summed E-state index contributed by atoms with van der Waals surface area (Å²) >= 11 is 0. The van der Waals surface area contributed by atoms with Gasteiger partial charge in [0.1, 0.15) is 5.75 Å². The molecule has 6 nitrogen and oxygen atoms in total. The summed E-state index contributed by atoms with van der Waals surface area (Å²) in [5.74, 6) is 0.538. The number of hydrogen-bond donors (Lipinski definition) is 2. The van der Waals surface area contributed by atoms with Gasteiger partial charge in [-0.2, -0.15) is 0 Å². The Bertz CT molecular complexity index is 852. The number of carbonyl (C=O) groups is 2. The van der Waals surface area contributed by atoms with Crippen LogP contribution in [0.15, 0.2) is 48.5 Å². The molecular weight excluding hydrogens is 354 g/mol. The Kier molecular flexibility index (Phi) is 6.31. The van der Waals surface area contributed by atoms with Gasteiger partial charge in [0, 0.05) is 11.7 Å². The van der Waals surface area contributed by atoms with Crippen LogP contribution in [-0.4, -0.2) is 44.6 Å². The van der Waals surface area contributed by atoms with Crippen molar-refractivity contribution < 1.29 is 19.2 Å². The molecule has 0 fully saturated rings. The van der Waals surface area contributed by atoms with Crippen LogP contribution < -0.4 is 19.9 Å².